The van der Waals surface area contributed by atoms with Gasteiger partial charge in [0.25, 0.3) is 0 Å². The molecule has 2 unspecified atom stereocenters. The third-order valence-corrected chi connectivity index (χ3v) is 7.99. The van der Waals surface area contributed by atoms with E-state index in [1.165, 1.54) is 4.90 Å². The van der Waals surface area contributed by atoms with E-state index in [0.717, 1.165) is 17.9 Å². The van der Waals surface area contributed by atoms with Crippen LogP contribution < -0.4 is 5.32 Å². The van der Waals surface area contributed by atoms with Crippen LogP contribution in [0, 0.1) is 5.41 Å². The molecule has 2 aliphatic rings. The summed E-state index contributed by atoms with van der Waals surface area (Å²) in [5, 5.41) is 12.4. The number of aliphatic carboxylic acids is 1. The van der Waals surface area contributed by atoms with E-state index in [4.69, 9.17) is 4.74 Å². The first kappa shape index (κ1) is 23.2. The summed E-state index contributed by atoms with van der Waals surface area (Å²) in [6.45, 7) is 11.2. The smallest absolute Gasteiger partial charge is 0.408 e. The second kappa shape index (κ2) is 8.34. The van der Waals surface area contributed by atoms with E-state index in [0.29, 0.717) is 13.0 Å². The normalized spacial score (nSPS) is 23.4. The van der Waals surface area contributed by atoms with Crippen LogP contribution in [-0.4, -0.2) is 67.8 Å². The summed E-state index contributed by atoms with van der Waals surface area (Å²) in [6.07, 6.45) is 0.836. The summed E-state index contributed by atoms with van der Waals surface area (Å²) in [7, 11) is 0. The fraction of sp³-hybridized carbons (Fsp3) is 0.842. The summed E-state index contributed by atoms with van der Waals surface area (Å²) in [4.78, 5) is 39.1. The van der Waals surface area contributed by atoms with Crippen molar-refractivity contribution >= 4 is 41.5 Å². The van der Waals surface area contributed by atoms with Gasteiger partial charge in [-0.05, 0) is 44.1 Å². The second-order valence-electron chi connectivity index (χ2n) is 9.43. The van der Waals surface area contributed by atoms with Crippen LogP contribution in [0.1, 0.15) is 54.4 Å². The molecule has 160 valence electrons. The quantitative estimate of drug-likeness (QED) is 0.707. The predicted octanol–water partition coefficient (Wildman–Crippen LogP) is 3.18. The highest BCUT2D eigenvalue weighted by Crippen LogP contribution is 2.50. The molecule has 0 saturated carbocycles. The van der Waals surface area contributed by atoms with Crippen LogP contribution in [0.15, 0.2) is 0 Å². The molecular formula is C19H32N2O5S2. The molecule has 2 heterocycles. The van der Waals surface area contributed by atoms with Gasteiger partial charge in [0, 0.05) is 13.0 Å². The maximum Gasteiger partial charge on any atom is 0.408 e. The minimum absolute atomic E-state index is 0.273. The lowest BCUT2D eigenvalue weighted by molar-refractivity contribution is -0.150. The average Bonchev–Trinajstić information content (AvgIpc) is 2.89. The van der Waals surface area contributed by atoms with Crippen LogP contribution in [0.5, 0.6) is 0 Å². The standard InChI is InChI=1S/C19H32N2O5S2/c1-17(2,3)13(20-16(25)26-18(4,5)6)14(22)21-11-19(10-12(21)15(23)24)27-8-7-9-28-19/h12-13H,7-11H2,1-6H3,(H,20,25)(H,23,24). The lowest BCUT2D eigenvalue weighted by Crippen LogP contribution is -2.57. The van der Waals surface area contributed by atoms with Crippen LogP contribution >= 0.6 is 23.5 Å². The Hall–Kier alpha value is -1.09. The van der Waals surface area contributed by atoms with Crippen LogP contribution in [0.4, 0.5) is 4.79 Å². The van der Waals surface area contributed by atoms with E-state index in [9.17, 15) is 19.5 Å². The van der Waals surface area contributed by atoms with Gasteiger partial charge in [0.05, 0.1) is 4.08 Å². The summed E-state index contributed by atoms with van der Waals surface area (Å²) >= 11 is 3.50. The second-order valence-corrected chi connectivity index (χ2v) is 12.6. The summed E-state index contributed by atoms with van der Waals surface area (Å²) < 4.78 is 5.04. The maximum absolute atomic E-state index is 13.4. The molecule has 1 spiro atoms. The zero-order valence-electron chi connectivity index (χ0n) is 17.5. The summed E-state index contributed by atoms with van der Waals surface area (Å²) in [5.41, 5.74) is -1.29. The molecule has 28 heavy (non-hydrogen) atoms. The first-order chi connectivity index (χ1) is 12.7. The molecular weight excluding hydrogens is 400 g/mol. The summed E-state index contributed by atoms with van der Waals surface area (Å²) in [5.74, 6) is 0.580. The molecule has 2 fully saturated rings. The number of carboxylic acids is 1. The number of hydrogen-bond donors (Lipinski definition) is 2. The van der Waals surface area contributed by atoms with Crippen LogP contribution in [0.25, 0.3) is 0 Å². The van der Waals surface area contributed by atoms with Gasteiger partial charge in [0.1, 0.15) is 17.7 Å². The molecule has 9 heteroatoms. The lowest BCUT2D eigenvalue weighted by Gasteiger charge is -2.36. The Labute approximate surface area is 175 Å². The van der Waals surface area contributed by atoms with Crippen molar-refractivity contribution in [2.45, 2.75) is 76.1 Å². The number of likely N-dealkylation sites (tertiary alicyclic amines) is 1. The van der Waals surface area contributed by atoms with Gasteiger partial charge in [-0.25, -0.2) is 9.59 Å². The molecule has 0 aromatic rings. The number of carbonyl (C=O) groups excluding carboxylic acids is 2. The molecule has 2 N–H and O–H groups in total. The number of rotatable bonds is 3. The van der Waals surface area contributed by atoms with Crippen molar-refractivity contribution in [2.75, 3.05) is 18.1 Å². The number of ether oxygens (including phenoxy) is 1. The zero-order valence-corrected chi connectivity index (χ0v) is 19.2. The van der Waals surface area contributed by atoms with Crippen molar-refractivity contribution < 1.29 is 24.2 Å². The van der Waals surface area contributed by atoms with E-state index in [2.05, 4.69) is 5.32 Å². The van der Waals surface area contributed by atoms with Crippen molar-refractivity contribution in [1.29, 1.82) is 0 Å². The van der Waals surface area contributed by atoms with Gasteiger partial charge < -0.3 is 20.1 Å². The van der Waals surface area contributed by atoms with Crippen LogP contribution in [0.3, 0.4) is 0 Å². The summed E-state index contributed by atoms with van der Waals surface area (Å²) in [6, 6.07) is -1.76. The van der Waals surface area contributed by atoms with E-state index in [1.807, 2.05) is 20.8 Å². The molecule has 0 aliphatic carbocycles. The van der Waals surface area contributed by atoms with Gasteiger partial charge in [-0.2, -0.15) is 0 Å². The Morgan fingerprint density at radius 3 is 2.18 bits per heavy atom. The highest BCUT2D eigenvalue weighted by Gasteiger charge is 2.52. The molecule has 2 amide bonds. The van der Waals surface area contributed by atoms with Crippen molar-refractivity contribution in [1.82, 2.24) is 10.2 Å². The molecule has 2 saturated heterocycles. The number of amides is 2. The van der Waals surface area contributed by atoms with Crippen molar-refractivity contribution in [3.05, 3.63) is 0 Å². The number of alkyl carbamates (subject to hydrolysis) is 1. The molecule has 0 radical (unpaired) electrons. The Kier molecular flexibility index (Phi) is 6.91. The number of carbonyl (C=O) groups is 3. The zero-order chi connectivity index (χ0) is 21.3. The fourth-order valence-electron chi connectivity index (χ4n) is 3.36. The van der Waals surface area contributed by atoms with Gasteiger partial charge in [-0.1, -0.05) is 20.8 Å². The Morgan fingerprint density at radius 1 is 1.14 bits per heavy atom. The highest BCUT2D eigenvalue weighted by atomic mass is 32.2. The van der Waals surface area contributed by atoms with Crippen molar-refractivity contribution in [2.24, 2.45) is 5.41 Å². The number of thioether (sulfide) groups is 2. The molecule has 0 bridgehead atoms. The fourth-order valence-corrected chi connectivity index (χ4v) is 6.71. The van der Waals surface area contributed by atoms with Gasteiger partial charge in [0.2, 0.25) is 5.91 Å². The first-order valence-corrected chi connectivity index (χ1v) is 11.5. The lowest BCUT2D eigenvalue weighted by atomic mass is 9.85. The van der Waals surface area contributed by atoms with Gasteiger partial charge in [0.15, 0.2) is 0 Å². The predicted molar refractivity (Wildman–Crippen MR) is 113 cm³/mol. The minimum atomic E-state index is -0.998. The SMILES string of the molecule is CC(C)(C)OC(=O)NC(C(=O)N1CC2(CC1C(=O)O)SCCCS2)C(C)(C)C. The van der Waals surface area contributed by atoms with Gasteiger partial charge in [-0.3, -0.25) is 4.79 Å². The Morgan fingerprint density at radius 2 is 1.71 bits per heavy atom. The third-order valence-electron chi connectivity index (χ3n) is 4.65. The van der Waals surface area contributed by atoms with Gasteiger partial charge >= 0.3 is 12.1 Å². The third kappa shape index (κ3) is 5.72. The van der Waals surface area contributed by atoms with E-state index in [1.54, 1.807) is 44.3 Å². The van der Waals surface area contributed by atoms with E-state index in [-0.39, 0.29) is 9.99 Å². The number of carboxylic acid groups (broad SMARTS) is 1. The molecule has 2 aliphatic heterocycles. The highest BCUT2D eigenvalue weighted by molar-refractivity contribution is 8.18. The van der Waals surface area contributed by atoms with Crippen molar-refractivity contribution in [3.8, 4) is 0 Å². The Bertz CT molecular complexity index is 621. The number of hydrogen-bond acceptors (Lipinski definition) is 6. The number of nitrogens with one attached hydrogen (secondary N) is 1. The molecule has 0 aromatic carbocycles. The molecule has 7 nitrogen and oxygen atoms in total. The van der Waals surface area contributed by atoms with E-state index < -0.39 is 35.2 Å². The molecule has 2 atom stereocenters. The minimum Gasteiger partial charge on any atom is -0.480 e. The van der Waals surface area contributed by atoms with Crippen LogP contribution in [-0.2, 0) is 14.3 Å². The van der Waals surface area contributed by atoms with E-state index >= 15 is 0 Å². The maximum atomic E-state index is 13.4. The topological polar surface area (TPSA) is 95.9 Å². The van der Waals surface area contributed by atoms with Gasteiger partial charge in [-0.15, -0.1) is 23.5 Å². The van der Waals surface area contributed by atoms with Crippen molar-refractivity contribution in [3.63, 3.8) is 0 Å². The first-order valence-electron chi connectivity index (χ1n) is 9.55. The number of nitrogens with zero attached hydrogens (tertiary/aromatic N) is 1. The largest absolute Gasteiger partial charge is 0.480 e. The monoisotopic (exact) mass is 432 g/mol. The molecule has 0 aromatic heterocycles. The average molecular weight is 433 g/mol. The van der Waals surface area contributed by atoms with Crippen LogP contribution in [0.2, 0.25) is 0 Å². The Balaban J connectivity index is 2.24. The molecule has 2 rings (SSSR count).